The van der Waals surface area contributed by atoms with Crippen molar-refractivity contribution in [3.05, 3.63) is 11.6 Å². The molecule has 1 aliphatic rings. The molecule has 1 fully saturated rings. The number of aromatic nitrogens is 1. The molecular formula is C13H24N4S. The van der Waals surface area contributed by atoms with Gasteiger partial charge in [0.2, 0.25) is 0 Å². The Morgan fingerprint density at radius 1 is 1.28 bits per heavy atom. The van der Waals surface area contributed by atoms with Gasteiger partial charge in [-0.1, -0.05) is 6.92 Å². The summed E-state index contributed by atoms with van der Waals surface area (Å²) in [4.78, 5) is 9.34. The molecule has 1 N–H and O–H groups in total. The Kier molecular flexibility index (Phi) is 5.90. The van der Waals surface area contributed by atoms with Crippen molar-refractivity contribution in [2.24, 2.45) is 0 Å². The van der Waals surface area contributed by atoms with E-state index in [9.17, 15) is 0 Å². The predicted octanol–water partition coefficient (Wildman–Crippen LogP) is 1.65. The fraction of sp³-hybridized carbons (Fsp3) is 0.769. The van der Waals surface area contributed by atoms with Crippen LogP contribution in [-0.4, -0.2) is 55.7 Å². The fourth-order valence-corrected chi connectivity index (χ4v) is 2.96. The van der Waals surface area contributed by atoms with Crippen LogP contribution in [0, 0.1) is 0 Å². The Labute approximate surface area is 114 Å². The number of hydrogen-bond donors (Lipinski definition) is 1. The number of thiazole rings is 1. The third kappa shape index (κ3) is 4.23. The molecule has 1 aromatic heterocycles. The summed E-state index contributed by atoms with van der Waals surface area (Å²) in [5.74, 6) is 0. The highest BCUT2D eigenvalue weighted by Gasteiger charge is 2.17. The van der Waals surface area contributed by atoms with Crippen LogP contribution in [0.3, 0.4) is 0 Å². The maximum Gasteiger partial charge on any atom is 0.185 e. The SMILES string of the molecule is CCCNCCCN1CCN(c2nccs2)CC1. The van der Waals surface area contributed by atoms with E-state index in [1.807, 2.05) is 6.20 Å². The van der Waals surface area contributed by atoms with Crippen molar-refractivity contribution in [1.29, 1.82) is 0 Å². The molecule has 102 valence electrons. The summed E-state index contributed by atoms with van der Waals surface area (Å²) in [6.07, 6.45) is 4.38. The summed E-state index contributed by atoms with van der Waals surface area (Å²) in [5.41, 5.74) is 0. The van der Waals surface area contributed by atoms with Crippen molar-refractivity contribution >= 4 is 16.5 Å². The van der Waals surface area contributed by atoms with Crippen molar-refractivity contribution in [3.8, 4) is 0 Å². The summed E-state index contributed by atoms with van der Waals surface area (Å²) >= 11 is 1.74. The average Bonchev–Trinajstić information content (AvgIpc) is 2.93. The van der Waals surface area contributed by atoms with Gasteiger partial charge >= 0.3 is 0 Å². The molecule has 1 aromatic rings. The van der Waals surface area contributed by atoms with Crippen molar-refractivity contribution in [3.63, 3.8) is 0 Å². The van der Waals surface area contributed by atoms with Crippen LogP contribution < -0.4 is 10.2 Å². The Morgan fingerprint density at radius 3 is 2.78 bits per heavy atom. The van der Waals surface area contributed by atoms with Crippen molar-refractivity contribution < 1.29 is 0 Å². The topological polar surface area (TPSA) is 31.4 Å². The second-order valence-electron chi connectivity index (χ2n) is 4.75. The largest absolute Gasteiger partial charge is 0.346 e. The molecule has 0 radical (unpaired) electrons. The first-order chi connectivity index (χ1) is 8.90. The first-order valence-corrected chi connectivity index (χ1v) is 7.85. The summed E-state index contributed by atoms with van der Waals surface area (Å²) in [5, 5.41) is 6.70. The zero-order valence-corrected chi connectivity index (χ0v) is 12.1. The normalized spacial score (nSPS) is 17.3. The number of hydrogen-bond acceptors (Lipinski definition) is 5. The van der Waals surface area contributed by atoms with Gasteiger partial charge in [-0.2, -0.15) is 0 Å². The second kappa shape index (κ2) is 7.71. The molecule has 5 heteroatoms. The molecule has 0 unspecified atom stereocenters. The monoisotopic (exact) mass is 268 g/mol. The van der Waals surface area contributed by atoms with E-state index in [2.05, 4.69) is 32.4 Å². The lowest BCUT2D eigenvalue weighted by molar-refractivity contribution is 0.254. The van der Waals surface area contributed by atoms with E-state index in [0.717, 1.165) is 26.2 Å². The van der Waals surface area contributed by atoms with E-state index < -0.39 is 0 Å². The minimum absolute atomic E-state index is 1.12. The molecule has 2 rings (SSSR count). The molecule has 0 aliphatic carbocycles. The Hall–Kier alpha value is -0.650. The molecular weight excluding hydrogens is 244 g/mol. The standard InChI is InChI=1S/C13H24N4S/c1-2-4-14-5-3-7-16-8-10-17(11-9-16)13-15-6-12-18-13/h6,12,14H,2-5,7-11H2,1H3. The summed E-state index contributed by atoms with van der Waals surface area (Å²) in [7, 11) is 0. The fourth-order valence-electron chi connectivity index (χ4n) is 2.26. The number of nitrogens with zero attached hydrogens (tertiary/aromatic N) is 3. The van der Waals surface area contributed by atoms with Gasteiger partial charge in [-0.15, -0.1) is 11.3 Å². The van der Waals surface area contributed by atoms with E-state index in [1.165, 1.54) is 37.6 Å². The number of anilines is 1. The van der Waals surface area contributed by atoms with E-state index in [4.69, 9.17) is 0 Å². The lowest BCUT2D eigenvalue weighted by Crippen LogP contribution is -2.46. The van der Waals surface area contributed by atoms with Crippen molar-refractivity contribution in [2.45, 2.75) is 19.8 Å². The van der Waals surface area contributed by atoms with E-state index in [0.29, 0.717) is 0 Å². The van der Waals surface area contributed by atoms with Gasteiger partial charge in [0.1, 0.15) is 0 Å². The molecule has 0 saturated carbocycles. The molecule has 4 nitrogen and oxygen atoms in total. The molecule has 1 saturated heterocycles. The summed E-state index contributed by atoms with van der Waals surface area (Å²) in [6.45, 7) is 10.3. The number of rotatable bonds is 7. The highest BCUT2D eigenvalue weighted by atomic mass is 32.1. The quantitative estimate of drug-likeness (QED) is 0.762. The lowest BCUT2D eigenvalue weighted by atomic mass is 10.3. The zero-order valence-electron chi connectivity index (χ0n) is 11.3. The maximum atomic E-state index is 4.38. The second-order valence-corrected chi connectivity index (χ2v) is 5.62. The van der Waals surface area contributed by atoms with Crippen molar-refractivity contribution in [2.75, 3.05) is 50.7 Å². The molecule has 0 atom stereocenters. The predicted molar refractivity (Wildman–Crippen MR) is 78.5 cm³/mol. The molecule has 0 bridgehead atoms. The first-order valence-electron chi connectivity index (χ1n) is 6.97. The Balaban J connectivity index is 1.59. The van der Waals surface area contributed by atoms with Gasteiger partial charge in [0, 0.05) is 37.8 Å². The van der Waals surface area contributed by atoms with Gasteiger partial charge in [-0.25, -0.2) is 4.98 Å². The van der Waals surface area contributed by atoms with Gasteiger partial charge in [0.25, 0.3) is 0 Å². The molecule has 0 amide bonds. The lowest BCUT2D eigenvalue weighted by Gasteiger charge is -2.34. The van der Waals surface area contributed by atoms with Gasteiger partial charge in [0.15, 0.2) is 5.13 Å². The van der Waals surface area contributed by atoms with Gasteiger partial charge in [-0.05, 0) is 32.5 Å². The van der Waals surface area contributed by atoms with E-state index in [-0.39, 0.29) is 0 Å². The van der Waals surface area contributed by atoms with E-state index >= 15 is 0 Å². The van der Waals surface area contributed by atoms with Crippen LogP contribution in [-0.2, 0) is 0 Å². The van der Waals surface area contributed by atoms with Gasteiger partial charge in [0.05, 0.1) is 0 Å². The van der Waals surface area contributed by atoms with Crippen LogP contribution in [0.4, 0.5) is 5.13 Å². The Bertz CT molecular complexity index is 307. The van der Waals surface area contributed by atoms with Gasteiger partial charge < -0.3 is 10.2 Å². The Morgan fingerprint density at radius 2 is 2.11 bits per heavy atom. The smallest absolute Gasteiger partial charge is 0.185 e. The van der Waals surface area contributed by atoms with E-state index in [1.54, 1.807) is 11.3 Å². The van der Waals surface area contributed by atoms with Crippen LogP contribution in [0.1, 0.15) is 19.8 Å². The maximum absolute atomic E-state index is 4.38. The van der Waals surface area contributed by atoms with Crippen molar-refractivity contribution in [1.82, 2.24) is 15.2 Å². The number of piperazine rings is 1. The third-order valence-corrected chi connectivity index (χ3v) is 4.15. The zero-order chi connectivity index (χ0) is 12.6. The van der Waals surface area contributed by atoms with Crippen LogP contribution in [0.25, 0.3) is 0 Å². The summed E-state index contributed by atoms with van der Waals surface area (Å²) < 4.78 is 0. The highest BCUT2D eigenvalue weighted by molar-refractivity contribution is 7.13. The summed E-state index contributed by atoms with van der Waals surface area (Å²) in [6, 6.07) is 0. The van der Waals surface area contributed by atoms with Crippen LogP contribution in [0.2, 0.25) is 0 Å². The average molecular weight is 268 g/mol. The van der Waals surface area contributed by atoms with Crippen LogP contribution in [0.5, 0.6) is 0 Å². The molecule has 0 aromatic carbocycles. The molecule has 18 heavy (non-hydrogen) atoms. The van der Waals surface area contributed by atoms with Gasteiger partial charge in [-0.3, -0.25) is 4.90 Å². The highest BCUT2D eigenvalue weighted by Crippen LogP contribution is 2.18. The minimum atomic E-state index is 1.12. The minimum Gasteiger partial charge on any atom is -0.346 e. The molecule has 2 heterocycles. The first kappa shape index (κ1) is 13.8. The molecule has 0 spiro atoms. The third-order valence-electron chi connectivity index (χ3n) is 3.32. The van der Waals surface area contributed by atoms with Crippen LogP contribution >= 0.6 is 11.3 Å². The number of nitrogens with one attached hydrogen (secondary N) is 1. The van der Waals surface area contributed by atoms with Crippen LogP contribution in [0.15, 0.2) is 11.6 Å². The molecule has 1 aliphatic heterocycles.